The number of hydrogen-bond acceptors (Lipinski definition) is 25. The van der Waals surface area contributed by atoms with E-state index in [0.29, 0.717) is 25.7 Å². The van der Waals surface area contributed by atoms with E-state index in [4.69, 9.17) is 47.4 Å². The van der Waals surface area contributed by atoms with Crippen molar-refractivity contribution >= 4 is 89.3 Å². The molecule has 3 unspecified atom stereocenters. The van der Waals surface area contributed by atoms with Crippen LogP contribution in [0.4, 0.5) is 0 Å². The quantitative estimate of drug-likeness (QED) is 0.0214. The van der Waals surface area contributed by atoms with Crippen LogP contribution in [0.5, 0.6) is 0 Å². The summed E-state index contributed by atoms with van der Waals surface area (Å²) in [6.07, 6.45) is 33.2. The molecule has 30 nitrogen and oxygen atoms in total. The minimum absolute atomic E-state index is 0.141. The van der Waals surface area contributed by atoms with Gasteiger partial charge in [-0.15, -0.1) is 0 Å². The zero-order valence-electron chi connectivity index (χ0n) is 70.0. The Bertz CT molecular complexity index is 2750. The van der Waals surface area contributed by atoms with E-state index in [-0.39, 0.29) is 37.9 Å². The number of unbranched alkanes of at least 4 members (excludes halogenated alkanes) is 40. The fourth-order valence-electron chi connectivity index (χ4n) is 13.1. The van der Waals surface area contributed by atoms with Crippen molar-refractivity contribution in [2.24, 2.45) is 0 Å². The molecular weight excluding hydrogens is 1470 g/mol. The van der Waals surface area contributed by atoms with Crippen molar-refractivity contribution in [2.45, 2.75) is 407 Å². The van der Waals surface area contributed by atoms with Gasteiger partial charge in [-0.1, -0.05) is 244 Å². The molecule has 0 aromatic carbocycles. The fraction of sp³-hybridized carbons (Fsp3) is 0.819. The second-order valence-electron chi connectivity index (χ2n) is 29.5. The van der Waals surface area contributed by atoms with E-state index in [0.717, 1.165) is 178 Å². The minimum Gasteiger partial charge on any atom is -0.480 e. The van der Waals surface area contributed by atoms with E-state index in [1.165, 1.54) is 141 Å². The molecule has 0 saturated carbocycles. The van der Waals surface area contributed by atoms with E-state index in [1.54, 1.807) is 0 Å². The van der Waals surface area contributed by atoms with Gasteiger partial charge in [-0.3, -0.25) is 67.1 Å². The van der Waals surface area contributed by atoms with Crippen LogP contribution < -0.4 is 21.3 Å². The molecule has 0 aromatic heterocycles. The number of carboxylic acid groups (broad SMARTS) is 1. The number of ether oxygens (including phenoxy) is 10. The van der Waals surface area contributed by atoms with Gasteiger partial charge in [0.15, 0.2) is 36.6 Å². The lowest BCUT2D eigenvalue weighted by molar-refractivity contribution is -0.203. The first-order valence-corrected chi connectivity index (χ1v) is 41.9. The highest BCUT2D eigenvalue weighted by Gasteiger charge is 2.48. The lowest BCUT2D eigenvalue weighted by atomic mass is 10.0. The van der Waals surface area contributed by atoms with Crippen LogP contribution in [0.2, 0.25) is 0 Å². The first-order valence-electron chi connectivity index (χ1n) is 41.9. The molecule has 113 heavy (non-hydrogen) atoms. The number of carboxylic acids is 1. The van der Waals surface area contributed by atoms with Crippen molar-refractivity contribution in [3.63, 3.8) is 0 Å². The van der Waals surface area contributed by atoms with Crippen molar-refractivity contribution in [1.82, 2.24) is 21.3 Å². The molecule has 0 aromatic rings. The van der Waals surface area contributed by atoms with E-state index >= 15 is 0 Å². The number of carbonyl (C=O) groups is 15. The summed E-state index contributed by atoms with van der Waals surface area (Å²) in [5.74, 6) is -12.0. The van der Waals surface area contributed by atoms with Gasteiger partial charge in [0, 0.05) is 102 Å². The summed E-state index contributed by atoms with van der Waals surface area (Å²) < 4.78 is 52.4. The third kappa shape index (κ3) is 61.2. The summed E-state index contributed by atoms with van der Waals surface area (Å²) in [6.45, 7) is 9.63. The maximum Gasteiger partial charge on any atom is 0.328 e. The molecule has 5 N–H and O–H groups in total. The Hall–Kier alpha value is -7.95. The van der Waals surface area contributed by atoms with Gasteiger partial charge in [0.25, 0.3) is 11.8 Å². The molecule has 0 bridgehead atoms. The fourth-order valence-corrected chi connectivity index (χ4v) is 13.1. The molecule has 0 aliphatic carbocycles. The number of amides is 4. The number of esters is 10. The third-order valence-electron chi connectivity index (χ3n) is 18.7. The molecule has 0 radical (unpaired) electrons. The molecule has 0 heterocycles. The van der Waals surface area contributed by atoms with Gasteiger partial charge in [0.1, 0.15) is 19.3 Å². The normalized spacial score (nSPS) is 13.4. The smallest absolute Gasteiger partial charge is 0.328 e. The average Bonchev–Trinajstić information content (AvgIpc) is 0.825. The molecule has 9 atom stereocenters. The van der Waals surface area contributed by atoms with E-state index in [2.05, 4.69) is 21.3 Å². The van der Waals surface area contributed by atoms with Crippen molar-refractivity contribution in [1.29, 1.82) is 0 Å². The van der Waals surface area contributed by atoms with Crippen molar-refractivity contribution in [3.8, 4) is 0 Å². The van der Waals surface area contributed by atoms with Crippen molar-refractivity contribution < 1.29 is 124 Å². The van der Waals surface area contributed by atoms with Gasteiger partial charge in [-0.2, -0.15) is 0 Å². The predicted molar refractivity (Wildman–Crippen MR) is 419 cm³/mol. The highest BCUT2D eigenvalue weighted by molar-refractivity contribution is 5.86. The summed E-state index contributed by atoms with van der Waals surface area (Å²) in [7, 11) is 0. The minimum atomic E-state index is -1.81. The van der Waals surface area contributed by atoms with E-state index in [1.807, 2.05) is 0 Å². The van der Waals surface area contributed by atoms with Crippen LogP contribution in [-0.2, 0) is 119 Å². The number of nitrogens with one attached hydrogen (secondary N) is 4. The standard InChI is InChI=1S/C83H142N4O26/c1-60(88)104-58-71(106-62(3)90)75(108-64(5)92)77(110-66(7)94)79(112-68(9)96)81(100)84-55-51-47-43-39-35-31-27-23-19-15-11-13-17-21-25-29-33-37-41-45-49-53-73(98)86-57-70(83(102)103)87-74(99)54-50-46-42-38-34-30-26-22-18-14-12-16-20-24-28-32-36-40-44-48-52-56-85-82(101)80(113-69(10)97)78(111-67(8)95)76(109-65(6)93)72(107-63(4)91)59-105-61(2)89/h70-72,75-80H,11-59H2,1-10H3,(H,84,100)(H,85,101)(H,86,98)(H,87,99)(H,102,103)/t70?,71-,72+,75?,76-,77-,78-,79?,80-/m1/s1. The first-order chi connectivity index (χ1) is 53.9. The van der Waals surface area contributed by atoms with Crippen LogP contribution in [0.25, 0.3) is 0 Å². The lowest BCUT2D eigenvalue weighted by Crippen LogP contribution is -2.57. The molecule has 30 heteroatoms. The number of hydrogen-bond donors (Lipinski definition) is 5. The zero-order valence-corrected chi connectivity index (χ0v) is 70.0. The summed E-state index contributed by atoms with van der Waals surface area (Å²) in [6, 6.07) is -1.17. The van der Waals surface area contributed by atoms with Crippen molar-refractivity contribution in [3.05, 3.63) is 0 Å². The molecule has 0 rings (SSSR count). The molecular formula is C83H142N4O26. The SMILES string of the molecule is CC(=O)OC[C@H](OC(C)=O)[C@@H](OC(C)=O)[C@@H](OC(C)=O)[C@@H](OC(C)=O)C(=O)NCCCCCCCCCCCCCCCCCCCCCCCC(=O)NC(CNC(=O)CCCCCCCCCCCCCCCCCCCCCCCNC(=O)C(OC(C)=O)[C@H](OC(C)=O)C(OC(C)=O)[C@@H](COC(C)=O)OC(C)=O)C(=O)O. The molecule has 0 saturated heterocycles. The topological polar surface area (TPSA) is 417 Å². The largest absolute Gasteiger partial charge is 0.480 e. The maximum atomic E-state index is 13.4. The summed E-state index contributed by atoms with van der Waals surface area (Å²) >= 11 is 0. The van der Waals surface area contributed by atoms with Crippen LogP contribution >= 0.6 is 0 Å². The molecule has 650 valence electrons. The number of rotatable bonds is 72. The van der Waals surface area contributed by atoms with Gasteiger partial charge in [-0.05, 0) is 25.7 Å². The first kappa shape index (κ1) is 105. The van der Waals surface area contributed by atoms with Gasteiger partial charge < -0.3 is 73.7 Å². The molecule has 0 fully saturated rings. The van der Waals surface area contributed by atoms with Gasteiger partial charge in [0.2, 0.25) is 24.0 Å². The van der Waals surface area contributed by atoms with E-state index < -0.39 is 146 Å². The zero-order chi connectivity index (χ0) is 84.4. The van der Waals surface area contributed by atoms with Gasteiger partial charge in [-0.25, -0.2) is 4.79 Å². The van der Waals surface area contributed by atoms with Crippen molar-refractivity contribution in [2.75, 3.05) is 32.8 Å². The second-order valence-corrected chi connectivity index (χ2v) is 29.5. The molecule has 0 aliphatic heterocycles. The summed E-state index contributed by atoms with van der Waals surface area (Å²) in [4.78, 5) is 184. The van der Waals surface area contributed by atoms with Gasteiger partial charge >= 0.3 is 65.7 Å². The monoisotopic (exact) mass is 1610 g/mol. The number of carbonyl (C=O) groups excluding carboxylic acids is 14. The molecule has 0 aliphatic rings. The molecule has 4 amide bonds. The van der Waals surface area contributed by atoms with Crippen LogP contribution in [0.15, 0.2) is 0 Å². The summed E-state index contributed by atoms with van der Waals surface area (Å²) in [5.41, 5.74) is 0. The van der Waals surface area contributed by atoms with Gasteiger partial charge in [0.05, 0.1) is 0 Å². The van der Waals surface area contributed by atoms with Crippen LogP contribution in [0.3, 0.4) is 0 Å². The third-order valence-corrected chi connectivity index (χ3v) is 18.7. The Morgan fingerprint density at radius 3 is 0.699 bits per heavy atom. The summed E-state index contributed by atoms with van der Waals surface area (Å²) in [5, 5.41) is 20.4. The Kier molecular flexibility index (Phi) is 63.6. The molecule has 0 spiro atoms. The second kappa shape index (κ2) is 68.5. The van der Waals surface area contributed by atoms with Crippen LogP contribution in [-0.4, -0.2) is 182 Å². The Labute approximate surface area is 671 Å². The van der Waals surface area contributed by atoms with Crippen LogP contribution in [0, 0.1) is 0 Å². The average molecular weight is 1610 g/mol. The maximum absolute atomic E-state index is 13.4. The lowest BCUT2D eigenvalue weighted by Gasteiger charge is -2.34. The number of aliphatic carboxylic acids is 1. The Morgan fingerprint density at radius 1 is 0.248 bits per heavy atom. The highest BCUT2D eigenvalue weighted by atomic mass is 16.7. The highest BCUT2D eigenvalue weighted by Crippen LogP contribution is 2.25. The predicted octanol–water partition coefficient (Wildman–Crippen LogP) is 12.6. The Morgan fingerprint density at radius 2 is 0.469 bits per heavy atom. The van der Waals surface area contributed by atoms with E-state index in [9.17, 15) is 77.0 Å². The Balaban J connectivity index is 4.04. The van der Waals surface area contributed by atoms with Crippen LogP contribution in [0.1, 0.15) is 352 Å².